The van der Waals surface area contributed by atoms with Gasteiger partial charge in [-0.1, -0.05) is 24.3 Å². The molecule has 2 amide bonds. The number of rotatable bonds is 9. The molecule has 2 aromatic carbocycles. The molecule has 2 aliphatic heterocycles. The van der Waals surface area contributed by atoms with Crippen molar-refractivity contribution >= 4 is 46.9 Å². The maximum absolute atomic E-state index is 13.9. The van der Waals surface area contributed by atoms with Crippen molar-refractivity contribution in [1.82, 2.24) is 10.2 Å². The van der Waals surface area contributed by atoms with E-state index in [1.54, 1.807) is 37.5 Å². The molecule has 1 aromatic heterocycles. The van der Waals surface area contributed by atoms with E-state index in [1.807, 2.05) is 29.6 Å². The minimum absolute atomic E-state index is 0.0927. The molecule has 5 rings (SSSR count). The van der Waals surface area contributed by atoms with E-state index >= 15 is 0 Å². The van der Waals surface area contributed by atoms with Crippen LogP contribution in [0.25, 0.3) is 0 Å². The number of nitrogens with one attached hydrogen (secondary N) is 1. The lowest BCUT2D eigenvalue weighted by atomic mass is 9.80. The standard InChI is InChI=1S/C29H26N2O7S2/c1-36-20-10-8-18(9-11-20)17-29(30-24(32)16-22-7-4-13-39-22)27(35)31-23(12-14-40-28(29)31)26(34)38-21-6-3-5-19(15-21)25(33)37-2/h3-13,15,28H,14,16-17H2,1-2H3,(H,30,32)/t28-,29+/m0/s1. The van der Waals surface area contributed by atoms with E-state index in [0.29, 0.717) is 11.5 Å². The molecule has 2 aliphatic rings. The Hall–Kier alpha value is -4.09. The number of esters is 2. The second kappa shape index (κ2) is 11.6. The number of amides is 2. The lowest BCUT2D eigenvalue weighted by Gasteiger charge is -2.57. The molecule has 2 atom stereocenters. The molecule has 11 heteroatoms. The van der Waals surface area contributed by atoms with E-state index in [9.17, 15) is 19.2 Å². The van der Waals surface area contributed by atoms with Crippen molar-refractivity contribution in [3.63, 3.8) is 0 Å². The summed E-state index contributed by atoms with van der Waals surface area (Å²) < 4.78 is 15.5. The lowest BCUT2D eigenvalue weighted by Crippen LogP contribution is -2.80. The van der Waals surface area contributed by atoms with Crippen LogP contribution in [0.5, 0.6) is 11.5 Å². The highest BCUT2D eigenvalue weighted by molar-refractivity contribution is 8.00. The number of fused-ring (bicyclic) bond motifs is 1. The maximum Gasteiger partial charge on any atom is 0.360 e. The predicted octanol–water partition coefficient (Wildman–Crippen LogP) is 3.59. The Morgan fingerprint density at radius 2 is 1.82 bits per heavy atom. The number of thioether (sulfide) groups is 1. The molecule has 40 heavy (non-hydrogen) atoms. The third-order valence-corrected chi connectivity index (χ3v) is 8.81. The number of carbonyl (C=O) groups excluding carboxylic acids is 4. The highest BCUT2D eigenvalue weighted by Crippen LogP contribution is 2.46. The lowest BCUT2D eigenvalue weighted by molar-refractivity contribution is -0.158. The minimum Gasteiger partial charge on any atom is -0.497 e. The molecule has 206 valence electrons. The van der Waals surface area contributed by atoms with Crippen LogP contribution in [-0.2, 0) is 32.0 Å². The van der Waals surface area contributed by atoms with Gasteiger partial charge in [0.15, 0.2) is 5.54 Å². The van der Waals surface area contributed by atoms with Crippen molar-refractivity contribution in [2.45, 2.75) is 23.8 Å². The smallest absolute Gasteiger partial charge is 0.360 e. The summed E-state index contributed by atoms with van der Waals surface area (Å²) >= 11 is 2.93. The molecule has 0 spiro atoms. The van der Waals surface area contributed by atoms with Gasteiger partial charge < -0.3 is 19.5 Å². The second-order valence-electron chi connectivity index (χ2n) is 9.16. The van der Waals surface area contributed by atoms with Gasteiger partial charge in [0.1, 0.15) is 22.6 Å². The fraction of sp³-hybridized carbons (Fsp3) is 0.241. The zero-order valence-electron chi connectivity index (χ0n) is 21.7. The highest BCUT2D eigenvalue weighted by atomic mass is 32.2. The van der Waals surface area contributed by atoms with Crippen LogP contribution in [-0.4, -0.2) is 59.5 Å². The van der Waals surface area contributed by atoms with Gasteiger partial charge >= 0.3 is 11.9 Å². The SMILES string of the molecule is COC(=O)c1cccc(OC(=O)C2=CCS[C@@H]3N2C(=O)[C@@]3(Cc2ccc(OC)cc2)NC(=O)Cc2cccs2)c1. The fourth-order valence-electron chi connectivity index (χ4n) is 4.75. The molecule has 0 saturated carbocycles. The van der Waals surface area contributed by atoms with E-state index in [-0.39, 0.29) is 35.8 Å². The molecular formula is C29H26N2O7S2. The number of β-lactam (4-membered cyclic amide) rings is 1. The van der Waals surface area contributed by atoms with Crippen molar-refractivity contribution in [2.75, 3.05) is 20.0 Å². The van der Waals surface area contributed by atoms with Crippen molar-refractivity contribution in [2.24, 2.45) is 0 Å². The van der Waals surface area contributed by atoms with Crippen LogP contribution in [0.15, 0.2) is 77.8 Å². The van der Waals surface area contributed by atoms with Crippen molar-refractivity contribution < 1.29 is 33.4 Å². The van der Waals surface area contributed by atoms with Gasteiger partial charge in [-0.3, -0.25) is 14.5 Å². The monoisotopic (exact) mass is 578 g/mol. The average molecular weight is 579 g/mol. The molecule has 1 fully saturated rings. The molecule has 1 saturated heterocycles. The summed E-state index contributed by atoms with van der Waals surface area (Å²) in [7, 11) is 2.84. The van der Waals surface area contributed by atoms with Gasteiger partial charge in [0.25, 0.3) is 5.91 Å². The summed E-state index contributed by atoms with van der Waals surface area (Å²) in [5.41, 5.74) is -0.0943. The third kappa shape index (κ3) is 5.34. The van der Waals surface area contributed by atoms with Crippen molar-refractivity contribution in [1.29, 1.82) is 0 Å². The number of hydrogen-bond acceptors (Lipinski definition) is 9. The largest absolute Gasteiger partial charge is 0.497 e. The van der Waals surface area contributed by atoms with Crippen LogP contribution in [0.3, 0.4) is 0 Å². The average Bonchev–Trinajstić information content (AvgIpc) is 3.49. The van der Waals surface area contributed by atoms with Crippen LogP contribution < -0.4 is 14.8 Å². The van der Waals surface area contributed by atoms with E-state index in [2.05, 4.69) is 5.32 Å². The number of nitrogens with zero attached hydrogens (tertiary/aromatic N) is 1. The molecule has 0 unspecified atom stereocenters. The molecule has 9 nitrogen and oxygen atoms in total. The molecular weight excluding hydrogens is 552 g/mol. The van der Waals surface area contributed by atoms with E-state index < -0.39 is 28.8 Å². The first-order valence-electron chi connectivity index (χ1n) is 12.4. The summed E-state index contributed by atoms with van der Waals surface area (Å²) in [6.45, 7) is 0. The maximum atomic E-state index is 13.9. The van der Waals surface area contributed by atoms with E-state index in [4.69, 9.17) is 14.2 Å². The number of carbonyl (C=O) groups is 4. The first-order valence-corrected chi connectivity index (χ1v) is 14.3. The zero-order valence-corrected chi connectivity index (χ0v) is 23.4. The van der Waals surface area contributed by atoms with Gasteiger partial charge in [0, 0.05) is 17.1 Å². The third-order valence-electron chi connectivity index (χ3n) is 6.64. The summed E-state index contributed by atoms with van der Waals surface area (Å²) in [4.78, 5) is 54.4. The number of benzene rings is 2. The Morgan fingerprint density at radius 3 is 2.52 bits per heavy atom. The molecule has 3 aromatic rings. The Kier molecular flexibility index (Phi) is 7.95. The minimum atomic E-state index is -1.25. The van der Waals surface area contributed by atoms with Crippen LogP contribution in [0, 0.1) is 0 Å². The highest BCUT2D eigenvalue weighted by Gasteiger charge is 2.64. The summed E-state index contributed by atoms with van der Waals surface area (Å²) in [5.74, 6) is -0.710. The Morgan fingerprint density at radius 1 is 1.02 bits per heavy atom. The normalized spacial score (nSPS) is 19.6. The molecule has 0 aliphatic carbocycles. The van der Waals surface area contributed by atoms with Crippen LogP contribution in [0.4, 0.5) is 0 Å². The number of thiophene rings is 1. The molecule has 0 bridgehead atoms. The summed E-state index contributed by atoms with van der Waals surface area (Å²) in [6.07, 6.45) is 2.02. The van der Waals surface area contributed by atoms with Gasteiger partial charge in [-0.15, -0.1) is 23.1 Å². The number of ether oxygens (including phenoxy) is 3. The van der Waals surface area contributed by atoms with Gasteiger partial charge in [-0.05, 0) is 53.4 Å². The Bertz CT molecular complexity index is 1470. The van der Waals surface area contributed by atoms with E-state index in [1.165, 1.54) is 47.2 Å². The van der Waals surface area contributed by atoms with Crippen LogP contribution in [0.1, 0.15) is 20.8 Å². The number of methoxy groups -OCH3 is 2. The zero-order chi connectivity index (χ0) is 28.3. The summed E-state index contributed by atoms with van der Waals surface area (Å²) in [6, 6.07) is 17.1. The van der Waals surface area contributed by atoms with Crippen LogP contribution in [0.2, 0.25) is 0 Å². The first kappa shape index (κ1) is 27.5. The van der Waals surface area contributed by atoms with Gasteiger partial charge in [0.2, 0.25) is 5.91 Å². The van der Waals surface area contributed by atoms with Gasteiger partial charge in [-0.25, -0.2) is 9.59 Å². The molecule has 0 radical (unpaired) electrons. The Balaban J connectivity index is 1.39. The van der Waals surface area contributed by atoms with Crippen LogP contribution >= 0.6 is 23.1 Å². The van der Waals surface area contributed by atoms with Gasteiger partial charge in [0.05, 0.1) is 26.2 Å². The predicted molar refractivity (Wildman–Crippen MR) is 150 cm³/mol. The molecule has 1 N–H and O–H groups in total. The topological polar surface area (TPSA) is 111 Å². The first-order chi connectivity index (χ1) is 19.3. The summed E-state index contributed by atoms with van der Waals surface area (Å²) in [5, 5.41) is 4.39. The van der Waals surface area contributed by atoms with Crippen molar-refractivity contribution in [3.8, 4) is 11.5 Å². The van der Waals surface area contributed by atoms with Crippen molar-refractivity contribution in [3.05, 3.63) is 93.8 Å². The fourth-order valence-corrected chi connectivity index (χ4v) is 6.77. The molecule has 3 heterocycles. The second-order valence-corrected chi connectivity index (χ2v) is 11.3. The van der Waals surface area contributed by atoms with Gasteiger partial charge in [-0.2, -0.15) is 0 Å². The van der Waals surface area contributed by atoms with E-state index in [0.717, 1.165) is 10.4 Å². The quantitative estimate of drug-likeness (QED) is 0.233. The Labute approximate surface area is 239 Å². The number of hydrogen-bond donors (Lipinski definition) is 1.